The van der Waals surface area contributed by atoms with Crippen molar-refractivity contribution in [3.8, 4) is 17.0 Å². The third-order valence-corrected chi connectivity index (χ3v) is 5.86. The number of ether oxygens (including phenoxy) is 2. The topological polar surface area (TPSA) is 110 Å². The van der Waals surface area contributed by atoms with Crippen LogP contribution in [0.25, 0.3) is 22.0 Å². The molecule has 206 valence electrons. The maximum absolute atomic E-state index is 13.2. The van der Waals surface area contributed by atoms with Crippen LogP contribution in [0.1, 0.15) is 18.4 Å². The molecule has 38 heavy (non-hydrogen) atoms. The molecule has 0 saturated carbocycles. The Hall–Kier alpha value is -3.65. The molecule has 0 radical (unpaired) electrons. The Morgan fingerprint density at radius 1 is 1.24 bits per heavy atom. The first kappa shape index (κ1) is 28.9. The van der Waals surface area contributed by atoms with Gasteiger partial charge in [0.05, 0.1) is 19.3 Å². The Bertz CT molecular complexity index is 1210. The molecule has 1 aliphatic heterocycles. The summed E-state index contributed by atoms with van der Waals surface area (Å²) in [6.45, 7) is -1.30. The fourth-order valence-corrected chi connectivity index (χ4v) is 4.21. The van der Waals surface area contributed by atoms with Crippen molar-refractivity contribution in [3.63, 3.8) is 0 Å². The molecule has 0 bridgehead atoms. The molecule has 2 aromatic heterocycles. The number of hydrogen-bond acceptors (Lipinski definition) is 8. The standard InChI is InChI=1S/C23H24F5N5O2.CH2O2/c1-34-19-11-14(23(26,27)28)4-5-17(19)20-16-6-7-29-12-18(16)21(32-31-20)30-15-3-2-8-33(13-15)9-10-35-22(24)25;2-1-3/h4-7,11-12,15,22H,2-3,8-10,13H2,1H3,(H,30,32);1H,(H,2,3)/t15-;/m1./s1. The third kappa shape index (κ3) is 7.44. The van der Waals surface area contributed by atoms with Crippen LogP contribution in [0.3, 0.4) is 0 Å². The number of pyridine rings is 1. The van der Waals surface area contributed by atoms with E-state index in [0.717, 1.165) is 31.5 Å². The van der Waals surface area contributed by atoms with E-state index in [0.29, 0.717) is 40.9 Å². The zero-order valence-electron chi connectivity index (χ0n) is 20.3. The van der Waals surface area contributed by atoms with Crippen LogP contribution < -0.4 is 10.1 Å². The van der Waals surface area contributed by atoms with E-state index >= 15 is 0 Å². The largest absolute Gasteiger partial charge is 0.496 e. The van der Waals surface area contributed by atoms with Gasteiger partial charge in [-0.1, -0.05) is 0 Å². The van der Waals surface area contributed by atoms with E-state index in [4.69, 9.17) is 14.6 Å². The fraction of sp³-hybridized carbons (Fsp3) is 0.417. The number of benzene rings is 1. The minimum atomic E-state index is -4.50. The number of halogens is 5. The number of nitrogens with zero attached hydrogens (tertiary/aromatic N) is 4. The van der Waals surface area contributed by atoms with Crippen LogP contribution in [0.5, 0.6) is 5.75 Å². The van der Waals surface area contributed by atoms with Crippen LogP contribution >= 0.6 is 0 Å². The average Bonchev–Trinajstić information content (AvgIpc) is 2.88. The summed E-state index contributed by atoms with van der Waals surface area (Å²) in [5.74, 6) is 0.514. The number of hydrogen-bond donors (Lipinski definition) is 2. The van der Waals surface area contributed by atoms with E-state index in [1.807, 2.05) is 4.90 Å². The lowest BCUT2D eigenvalue weighted by Gasteiger charge is -2.33. The summed E-state index contributed by atoms with van der Waals surface area (Å²) < 4.78 is 73.5. The summed E-state index contributed by atoms with van der Waals surface area (Å²) in [5.41, 5.74) is -0.0808. The molecule has 1 aromatic carbocycles. The molecular weight excluding hydrogens is 517 g/mol. The number of piperidine rings is 1. The summed E-state index contributed by atoms with van der Waals surface area (Å²) in [5, 5.41) is 20.2. The van der Waals surface area contributed by atoms with Gasteiger partial charge >= 0.3 is 12.8 Å². The van der Waals surface area contributed by atoms with Crippen LogP contribution in [0.4, 0.5) is 27.8 Å². The highest BCUT2D eigenvalue weighted by Gasteiger charge is 2.32. The molecule has 0 unspecified atom stereocenters. The number of carbonyl (C=O) groups is 1. The lowest BCUT2D eigenvalue weighted by Crippen LogP contribution is -2.43. The number of anilines is 1. The Balaban J connectivity index is 0.00000127. The molecule has 3 aromatic rings. The van der Waals surface area contributed by atoms with Crippen molar-refractivity contribution >= 4 is 23.1 Å². The van der Waals surface area contributed by atoms with Gasteiger partial charge in [0.1, 0.15) is 11.4 Å². The first-order valence-corrected chi connectivity index (χ1v) is 11.5. The van der Waals surface area contributed by atoms with Gasteiger partial charge in [0.2, 0.25) is 0 Å². The summed E-state index contributed by atoms with van der Waals surface area (Å²) in [4.78, 5) is 14.6. The molecule has 4 rings (SSSR count). The fourth-order valence-electron chi connectivity index (χ4n) is 4.21. The molecule has 3 heterocycles. The molecule has 14 heteroatoms. The molecule has 1 saturated heterocycles. The predicted octanol–water partition coefficient (Wildman–Crippen LogP) is 4.54. The van der Waals surface area contributed by atoms with Crippen LogP contribution in [0, 0.1) is 0 Å². The number of methoxy groups -OCH3 is 1. The molecule has 0 amide bonds. The van der Waals surface area contributed by atoms with Crippen molar-refractivity contribution in [2.24, 2.45) is 0 Å². The van der Waals surface area contributed by atoms with E-state index in [-0.39, 0.29) is 24.9 Å². The van der Waals surface area contributed by atoms with Crippen molar-refractivity contribution in [2.75, 3.05) is 38.7 Å². The van der Waals surface area contributed by atoms with Gasteiger partial charge in [0.15, 0.2) is 5.82 Å². The Morgan fingerprint density at radius 2 is 2.00 bits per heavy atom. The van der Waals surface area contributed by atoms with Crippen LogP contribution in [0.15, 0.2) is 36.7 Å². The van der Waals surface area contributed by atoms with E-state index in [1.165, 1.54) is 13.2 Å². The molecule has 0 spiro atoms. The smallest absolute Gasteiger partial charge is 0.416 e. The number of fused-ring (bicyclic) bond motifs is 1. The quantitative estimate of drug-likeness (QED) is 0.313. The molecular formula is C24H26F5N5O4. The third-order valence-electron chi connectivity index (χ3n) is 5.86. The second-order valence-electron chi connectivity index (χ2n) is 8.25. The highest BCUT2D eigenvalue weighted by molar-refractivity contribution is 6.00. The molecule has 1 fully saturated rings. The van der Waals surface area contributed by atoms with Crippen molar-refractivity contribution in [1.29, 1.82) is 0 Å². The Morgan fingerprint density at radius 3 is 2.68 bits per heavy atom. The predicted molar refractivity (Wildman–Crippen MR) is 128 cm³/mol. The van der Waals surface area contributed by atoms with Gasteiger partial charge < -0.3 is 19.9 Å². The lowest BCUT2D eigenvalue weighted by atomic mass is 10.0. The van der Waals surface area contributed by atoms with Crippen LogP contribution in [-0.4, -0.2) is 77.7 Å². The maximum atomic E-state index is 13.2. The number of aromatic nitrogens is 3. The second-order valence-corrected chi connectivity index (χ2v) is 8.25. The maximum Gasteiger partial charge on any atom is 0.416 e. The van der Waals surface area contributed by atoms with Gasteiger partial charge in [-0.05, 0) is 43.7 Å². The van der Waals surface area contributed by atoms with Crippen molar-refractivity contribution < 1.29 is 41.3 Å². The molecule has 1 aliphatic rings. The van der Waals surface area contributed by atoms with Crippen LogP contribution in [0.2, 0.25) is 0 Å². The first-order chi connectivity index (χ1) is 18.2. The minimum absolute atomic E-state index is 0.000499. The molecule has 1 atom stereocenters. The van der Waals surface area contributed by atoms with Gasteiger partial charge in [-0.3, -0.25) is 14.7 Å². The molecule has 2 N–H and O–H groups in total. The zero-order chi connectivity index (χ0) is 27.7. The highest BCUT2D eigenvalue weighted by Crippen LogP contribution is 2.39. The monoisotopic (exact) mass is 543 g/mol. The average molecular weight is 543 g/mol. The van der Waals surface area contributed by atoms with Crippen molar-refractivity contribution in [3.05, 3.63) is 42.2 Å². The number of rotatable bonds is 8. The van der Waals surface area contributed by atoms with Gasteiger partial charge in [-0.2, -0.15) is 22.0 Å². The number of nitrogens with one attached hydrogen (secondary N) is 1. The minimum Gasteiger partial charge on any atom is -0.496 e. The number of carboxylic acid groups (broad SMARTS) is 1. The van der Waals surface area contributed by atoms with E-state index in [1.54, 1.807) is 18.5 Å². The Kier molecular flexibility index (Phi) is 10.1. The summed E-state index contributed by atoms with van der Waals surface area (Å²) in [6.07, 6.45) is 0.403. The van der Waals surface area contributed by atoms with Crippen LogP contribution in [-0.2, 0) is 15.7 Å². The zero-order valence-corrected chi connectivity index (χ0v) is 20.3. The van der Waals surface area contributed by atoms with E-state index in [9.17, 15) is 22.0 Å². The normalized spacial score (nSPS) is 16.1. The SMILES string of the molecule is COc1cc(C(F)(F)F)ccc1-c1nnc(N[C@@H]2CCCN(CCOC(F)F)C2)c2cnccc12.O=CO. The lowest BCUT2D eigenvalue weighted by molar-refractivity contribution is -0.137. The number of alkyl halides is 5. The highest BCUT2D eigenvalue weighted by atomic mass is 19.4. The van der Waals surface area contributed by atoms with Gasteiger partial charge in [-0.25, -0.2) is 0 Å². The summed E-state index contributed by atoms with van der Waals surface area (Å²) in [7, 11) is 1.30. The first-order valence-electron chi connectivity index (χ1n) is 11.5. The summed E-state index contributed by atoms with van der Waals surface area (Å²) in [6, 6.07) is 4.95. The van der Waals surface area contributed by atoms with Gasteiger partial charge in [0, 0.05) is 47.9 Å². The summed E-state index contributed by atoms with van der Waals surface area (Å²) >= 11 is 0. The van der Waals surface area contributed by atoms with Crippen molar-refractivity contribution in [1.82, 2.24) is 20.1 Å². The van der Waals surface area contributed by atoms with E-state index < -0.39 is 18.4 Å². The van der Waals surface area contributed by atoms with Gasteiger partial charge in [0.25, 0.3) is 6.47 Å². The Labute approximate surface area is 214 Å². The van der Waals surface area contributed by atoms with Gasteiger partial charge in [-0.15, -0.1) is 10.2 Å². The van der Waals surface area contributed by atoms with E-state index in [2.05, 4.69) is 25.2 Å². The number of likely N-dealkylation sites (tertiary alicyclic amines) is 1. The second kappa shape index (κ2) is 13.2. The molecule has 9 nitrogen and oxygen atoms in total. The van der Waals surface area contributed by atoms with Crippen molar-refractivity contribution in [2.45, 2.75) is 31.7 Å². The molecule has 0 aliphatic carbocycles.